The molecule has 2 aliphatic rings. The van der Waals surface area contributed by atoms with Gasteiger partial charge in [0.2, 0.25) is 5.88 Å². The zero-order valence-corrected chi connectivity index (χ0v) is 18.8. The van der Waals surface area contributed by atoms with Crippen LogP contribution in [-0.4, -0.2) is 65.2 Å². The monoisotopic (exact) mass is 412 g/mol. The Morgan fingerprint density at radius 3 is 2.60 bits per heavy atom. The van der Waals surface area contributed by atoms with Crippen molar-refractivity contribution in [3.63, 3.8) is 0 Å². The van der Waals surface area contributed by atoms with Crippen molar-refractivity contribution in [1.29, 1.82) is 0 Å². The molecule has 30 heavy (non-hydrogen) atoms. The third kappa shape index (κ3) is 4.21. The number of hydrogen-bond donors (Lipinski definition) is 2. The minimum Gasteiger partial charge on any atom is -0.494 e. The second kappa shape index (κ2) is 8.98. The Kier molecular flexibility index (Phi) is 6.34. The molecular weight excluding hydrogens is 376 g/mol. The van der Waals surface area contributed by atoms with Gasteiger partial charge in [0.15, 0.2) is 0 Å². The molecule has 2 aromatic rings. The largest absolute Gasteiger partial charge is 0.494 e. The van der Waals surface area contributed by atoms with Crippen molar-refractivity contribution in [3.05, 3.63) is 23.8 Å². The maximum absolute atomic E-state index is 11.5. The van der Waals surface area contributed by atoms with Gasteiger partial charge in [-0.1, -0.05) is 0 Å². The summed E-state index contributed by atoms with van der Waals surface area (Å²) in [6.45, 7) is 13.0. The minimum atomic E-state index is 0.262. The van der Waals surface area contributed by atoms with E-state index in [-0.39, 0.29) is 6.04 Å². The highest BCUT2D eigenvalue weighted by Gasteiger charge is 2.28. The fraction of sp³-hybridized carbons (Fsp3) is 0.625. The summed E-state index contributed by atoms with van der Waals surface area (Å²) in [6.07, 6.45) is 2.72. The molecule has 1 fully saturated rings. The summed E-state index contributed by atoms with van der Waals surface area (Å²) in [6, 6.07) is 7.59. The maximum atomic E-state index is 11.5. The van der Waals surface area contributed by atoms with Crippen molar-refractivity contribution in [2.45, 2.75) is 65.1 Å². The predicted molar refractivity (Wildman–Crippen MR) is 124 cm³/mol. The number of aromatic nitrogens is 1. The molecule has 0 aliphatic carbocycles. The molecule has 3 heterocycles. The predicted octanol–water partition coefficient (Wildman–Crippen LogP) is 4.42. The standard InChI is InChI=1S/C24H36N4O2/c1-16(2)26-18-5-6-22-20(15-18)23(21-7-11-27(17(3)4)12-10-25-21)24(29)28(22)19-8-13-30-14-9-19/h5-6,15-17,19,26,29H,7-14H2,1-4H3. The molecule has 1 aromatic heterocycles. The topological polar surface area (TPSA) is 62.0 Å². The van der Waals surface area contributed by atoms with Crippen LogP contribution in [0.25, 0.3) is 10.9 Å². The van der Waals surface area contributed by atoms with Crippen LogP contribution in [0.15, 0.2) is 23.2 Å². The van der Waals surface area contributed by atoms with Crippen LogP contribution in [0.4, 0.5) is 5.69 Å². The number of rotatable bonds is 5. The first kappa shape index (κ1) is 21.2. The molecule has 0 bridgehead atoms. The molecule has 6 heteroatoms. The van der Waals surface area contributed by atoms with E-state index in [1.165, 1.54) is 0 Å². The molecule has 0 atom stereocenters. The fourth-order valence-electron chi connectivity index (χ4n) is 4.80. The Morgan fingerprint density at radius 2 is 1.90 bits per heavy atom. The van der Waals surface area contributed by atoms with Gasteiger partial charge in [0.1, 0.15) is 0 Å². The Labute approximate surface area is 179 Å². The van der Waals surface area contributed by atoms with Crippen LogP contribution >= 0.6 is 0 Å². The number of anilines is 1. The molecule has 2 aliphatic heterocycles. The molecule has 1 aromatic carbocycles. The van der Waals surface area contributed by atoms with Crippen LogP contribution in [0, 0.1) is 0 Å². The van der Waals surface area contributed by atoms with Gasteiger partial charge < -0.3 is 19.7 Å². The lowest BCUT2D eigenvalue weighted by Gasteiger charge is -2.25. The lowest BCUT2D eigenvalue weighted by atomic mass is 10.0. The molecular formula is C24H36N4O2. The number of ether oxygens (including phenoxy) is 1. The van der Waals surface area contributed by atoms with E-state index in [0.29, 0.717) is 18.0 Å². The van der Waals surface area contributed by atoms with Gasteiger partial charge in [-0.15, -0.1) is 0 Å². The quantitative estimate of drug-likeness (QED) is 0.763. The SMILES string of the molecule is CC(C)Nc1ccc2c(c1)c(C1=NCCN(C(C)C)CC1)c(O)n2C1CCOCC1. The van der Waals surface area contributed by atoms with Gasteiger partial charge >= 0.3 is 0 Å². The molecule has 0 unspecified atom stereocenters. The molecule has 2 N–H and O–H groups in total. The Morgan fingerprint density at radius 1 is 1.13 bits per heavy atom. The molecule has 0 radical (unpaired) electrons. The van der Waals surface area contributed by atoms with Gasteiger partial charge in [-0.25, -0.2) is 0 Å². The van der Waals surface area contributed by atoms with Gasteiger partial charge in [-0.05, 0) is 58.7 Å². The van der Waals surface area contributed by atoms with E-state index in [1.54, 1.807) is 0 Å². The number of nitrogens with zero attached hydrogens (tertiary/aromatic N) is 3. The van der Waals surface area contributed by atoms with Crippen LogP contribution < -0.4 is 5.32 Å². The molecule has 0 saturated carbocycles. The Balaban J connectivity index is 1.80. The van der Waals surface area contributed by atoms with Crippen LogP contribution in [-0.2, 0) is 4.74 Å². The van der Waals surface area contributed by atoms with E-state index in [2.05, 4.69) is 60.7 Å². The van der Waals surface area contributed by atoms with Crippen LogP contribution in [0.1, 0.15) is 58.6 Å². The average Bonchev–Trinajstić information content (AvgIpc) is 2.85. The van der Waals surface area contributed by atoms with Crippen LogP contribution in [0.3, 0.4) is 0 Å². The zero-order valence-electron chi connectivity index (χ0n) is 18.8. The molecule has 0 amide bonds. The highest BCUT2D eigenvalue weighted by Crippen LogP contribution is 2.39. The minimum absolute atomic E-state index is 0.262. The third-order valence-corrected chi connectivity index (χ3v) is 6.33. The number of hydrogen-bond acceptors (Lipinski definition) is 5. The van der Waals surface area contributed by atoms with Crippen molar-refractivity contribution in [1.82, 2.24) is 9.47 Å². The van der Waals surface area contributed by atoms with Crippen LogP contribution in [0.2, 0.25) is 0 Å². The average molecular weight is 413 g/mol. The van der Waals surface area contributed by atoms with E-state index < -0.39 is 0 Å². The number of fused-ring (bicyclic) bond motifs is 1. The highest BCUT2D eigenvalue weighted by molar-refractivity contribution is 6.14. The molecule has 4 rings (SSSR count). The smallest absolute Gasteiger partial charge is 0.201 e. The van der Waals surface area contributed by atoms with Crippen molar-refractivity contribution in [2.24, 2.45) is 4.99 Å². The third-order valence-electron chi connectivity index (χ3n) is 6.33. The summed E-state index contributed by atoms with van der Waals surface area (Å²) >= 11 is 0. The summed E-state index contributed by atoms with van der Waals surface area (Å²) in [5.74, 6) is 0.371. The van der Waals surface area contributed by atoms with Gasteiger partial charge in [-0.3, -0.25) is 9.89 Å². The van der Waals surface area contributed by atoms with E-state index >= 15 is 0 Å². The molecule has 0 spiro atoms. The van der Waals surface area contributed by atoms with Gasteiger partial charge in [-0.2, -0.15) is 0 Å². The second-order valence-corrected chi connectivity index (χ2v) is 9.15. The second-order valence-electron chi connectivity index (χ2n) is 9.15. The van der Waals surface area contributed by atoms with Crippen molar-refractivity contribution < 1.29 is 9.84 Å². The normalized spacial score (nSPS) is 19.5. The van der Waals surface area contributed by atoms with E-state index in [0.717, 1.165) is 80.0 Å². The zero-order chi connectivity index (χ0) is 21.3. The molecule has 164 valence electrons. The Bertz CT molecular complexity index is 910. The van der Waals surface area contributed by atoms with Crippen molar-refractivity contribution in [2.75, 3.05) is 38.2 Å². The highest BCUT2D eigenvalue weighted by atomic mass is 16.5. The number of aliphatic imine (C=N–C) groups is 1. The van der Waals surface area contributed by atoms with E-state index in [1.807, 2.05) is 0 Å². The summed E-state index contributed by atoms with van der Waals surface area (Å²) in [5, 5.41) is 16.1. The number of benzene rings is 1. The van der Waals surface area contributed by atoms with E-state index in [9.17, 15) is 5.11 Å². The number of nitrogens with one attached hydrogen (secondary N) is 1. The van der Waals surface area contributed by atoms with Crippen LogP contribution in [0.5, 0.6) is 5.88 Å². The lowest BCUT2D eigenvalue weighted by Crippen LogP contribution is -2.33. The van der Waals surface area contributed by atoms with Crippen molar-refractivity contribution in [3.8, 4) is 5.88 Å². The molecule has 6 nitrogen and oxygen atoms in total. The maximum Gasteiger partial charge on any atom is 0.201 e. The summed E-state index contributed by atoms with van der Waals surface area (Å²) in [7, 11) is 0. The lowest BCUT2D eigenvalue weighted by molar-refractivity contribution is 0.0688. The first-order chi connectivity index (χ1) is 14.5. The van der Waals surface area contributed by atoms with Gasteiger partial charge in [0.05, 0.1) is 17.6 Å². The van der Waals surface area contributed by atoms with Gasteiger partial charge in [0.25, 0.3) is 0 Å². The van der Waals surface area contributed by atoms with Crippen molar-refractivity contribution >= 4 is 22.3 Å². The first-order valence-corrected chi connectivity index (χ1v) is 11.4. The summed E-state index contributed by atoms with van der Waals surface area (Å²) in [4.78, 5) is 7.41. The van der Waals surface area contributed by atoms with Gasteiger partial charge in [0, 0.05) is 67.6 Å². The summed E-state index contributed by atoms with van der Waals surface area (Å²) in [5.41, 5.74) is 4.14. The fourth-order valence-corrected chi connectivity index (χ4v) is 4.80. The molecule has 1 saturated heterocycles. The Hall–Kier alpha value is -2.05. The van der Waals surface area contributed by atoms with E-state index in [4.69, 9.17) is 9.73 Å². The number of aromatic hydroxyl groups is 1. The summed E-state index contributed by atoms with van der Waals surface area (Å²) < 4.78 is 7.71. The first-order valence-electron chi connectivity index (χ1n) is 11.4.